The third-order valence-corrected chi connectivity index (χ3v) is 5.68. The molecule has 2 aliphatic heterocycles. The van der Waals surface area contributed by atoms with Crippen LogP contribution in [0.2, 0.25) is 0 Å². The molecule has 45 heavy (non-hydrogen) atoms. The van der Waals surface area contributed by atoms with Crippen LogP contribution in [0.25, 0.3) is 0 Å². The number of anilines is 1. The van der Waals surface area contributed by atoms with E-state index in [-0.39, 0.29) is 12.1 Å². The van der Waals surface area contributed by atoms with Crippen LogP contribution >= 0.6 is 0 Å². The molecule has 11 nitrogen and oxygen atoms in total. The van der Waals surface area contributed by atoms with Crippen molar-refractivity contribution >= 4 is 23.7 Å². The molecule has 0 unspecified atom stereocenters. The lowest BCUT2D eigenvalue weighted by molar-refractivity contribution is -0.193. The van der Waals surface area contributed by atoms with Crippen molar-refractivity contribution in [2.24, 2.45) is 5.92 Å². The van der Waals surface area contributed by atoms with Crippen LogP contribution in [0.15, 0.2) is 48.8 Å². The molecule has 0 spiro atoms. The summed E-state index contributed by atoms with van der Waals surface area (Å²) in [5.74, 6) is -6.76. The molecular weight excluding hydrogens is 639 g/mol. The largest absolute Gasteiger partial charge is 0.490 e. The van der Waals surface area contributed by atoms with Crippen molar-refractivity contribution in [2.45, 2.75) is 50.1 Å². The van der Waals surface area contributed by atoms with Crippen LogP contribution in [0.3, 0.4) is 0 Å². The summed E-state index contributed by atoms with van der Waals surface area (Å²) in [4.78, 5) is 38.1. The number of piperidine rings is 1. The van der Waals surface area contributed by atoms with Gasteiger partial charge in [0, 0.05) is 38.6 Å². The Morgan fingerprint density at radius 1 is 0.800 bits per heavy atom. The third kappa shape index (κ3) is 15.4. The lowest BCUT2D eigenvalue weighted by Gasteiger charge is -2.46. The van der Waals surface area contributed by atoms with Crippen LogP contribution < -0.4 is 5.32 Å². The molecule has 0 aliphatic carbocycles. The van der Waals surface area contributed by atoms with E-state index in [1.807, 2.05) is 36.7 Å². The highest BCUT2D eigenvalue weighted by atomic mass is 19.4. The Kier molecular flexibility index (Phi) is 15.0. The van der Waals surface area contributed by atoms with Crippen molar-refractivity contribution in [1.82, 2.24) is 14.9 Å². The maximum atomic E-state index is 10.6. The van der Waals surface area contributed by atoms with Gasteiger partial charge in [-0.1, -0.05) is 12.1 Å². The lowest BCUT2D eigenvalue weighted by atomic mass is 9.85. The second-order valence-corrected chi connectivity index (χ2v) is 9.13. The SMILES string of the molecule is O=C(O)C(F)(F)F.O=C(O)C(F)(F)F.O=C(O)C(F)(F)F.c1ccc(CN2C[C@@H]3CCCO[C@@H]3[C@H](Nc3ccccn3)C2)nc1. The molecular formula is C25H27F9N4O7. The fourth-order valence-corrected chi connectivity index (χ4v) is 3.91. The van der Waals surface area contributed by atoms with Gasteiger partial charge in [0.15, 0.2) is 0 Å². The lowest BCUT2D eigenvalue weighted by Crippen LogP contribution is -2.57. The Balaban J connectivity index is 0.000000396. The van der Waals surface area contributed by atoms with Crippen LogP contribution in [-0.4, -0.2) is 98.5 Å². The quantitative estimate of drug-likeness (QED) is 0.341. The number of hydrogen-bond donors (Lipinski definition) is 4. The number of fused-ring (bicyclic) bond motifs is 1. The van der Waals surface area contributed by atoms with Gasteiger partial charge in [0.05, 0.1) is 17.8 Å². The monoisotopic (exact) mass is 666 g/mol. The summed E-state index contributed by atoms with van der Waals surface area (Å²) in [5.41, 5.74) is 1.13. The topological polar surface area (TPSA) is 162 Å². The Morgan fingerprint density at radius 2 is 1.29 bits per heavy atom. The molecule has 2 aromatic rings. The molecule has 2 fully saturated rings. The van der Waals surface area contributed by atoms with Gasteiger partial charge in [0.2, 0.25) is 0 Å². The fraction of sp³-hybridized carbons (Fsp3) is 0.480. The number of carboxylic acids is 3. The van der Waals surface area contributed by atoms with Gasteiger partial charge in [-0.05, 0) is 43.0 Å². The van der Waals surface area contributed by atoms with Gasteiger partial charge in [-0.2, -0.15) is 39.5 Å². The van der Waals surface area contributed by atoms with E-state index in [1.165, 1.54) is 6.42 Å². The van der Waals surface area contributed by atoms with Crippen molar-refractivity contribution in [3.63, 3.8) is 0 Å². The van der Waals surface area contributed by atoms with E-state index in [0.29, 0.717) is 5.92 Å². The zero-order valence-corrected chi connectivity index (χ0v) is 22.8. The van der Waals surface area contributed by atoms with Crippen LogP contribution in [0.1, 0.15) is 18.5 Å². The van der Waals surface area contributed by atoms with Crippen LogP contribution in [0.4, 0.5) is 45.3 Å². The Morgan fingerprint density at radius 3 is 1.71 bits per heavy atom. The smallest absolute Gasteiger partial charge is 0.475 e. The minimum Gasteiger partial charge on any atom is -0.475 e. The first-order valence-corrected chi connectivity index (χ1v) is 12.5. The van der Waals surface area contributed by atoms with Crippen molar-refractivity contribution in [2.75, 3.05) is 25.0 Å². The van der Waals surface area contributed by atoms with Gasteiger partial charge in [-0.25, -0.2) is 19.4 Å². The van der Waals surface area contributed by atoms with E-state index >= 15 is 0 Å². The normalized spacial score (nSPS) is 19.9. The number of nitrogens with one attached hydrogen (secondary N) is 1. The molecule has 0 bridgehead atoms. The van der Waals surface area contributed by atoms with Gasteiger partial charge in [0.1, 0.15) is 5.82 Å². The molecule has 20 heteroatoms. The molecule has 4 heterocycles. The second-order valence-electron chi connectivity index (χ2n) is 9.13. The molecule has 2 aliphatic rings. The number of halogens is 9. The molecule has 252 valence electrons. The number of ether oxygens (including phenoxy) is 1. The molecule has 4 N–H and O–H groups in total. The summed E-state index contributed by atoms with van der Waals surface area (Å²) in [6, 6.07) is 12.4. The predicted molar refractivity (Wildman–Crippen MR) is 135 cm³/mol. The van der Waals surface area contributed by atoms with Gasteiger partial charge in [-0.3, -0.25) is 9.88 Å². The standard InChI is InChI=1S/C19H24N4O.3C2HF3O2/c1-3-9-20-16(7-1)13-23-12-15-6-5-11-24-19(15)17(14-23)22-18-8-2-4-10-21-18;3*3-2(4,5)1(6)7/h1-4,7-10,15,17,19H,5-6,11-14H2,(H,21,22);3*(H,6,7)/t15-,17+,19-;;;/m0.../s1. The van der Waals surface area contributed by atoms with E-state index in [4.69, 9.17) is 34.4 Å². The van der Waals surface area contributed by atoms with E-state index in [1.54, 1.807) is 0 Å². The third-order valence-electron chi connectivity index (χ3n) is 5.68. The van der Waals surface area contributed by atoms with Gasteiger partial charge < -0.3 is 25.4 Å². The number of rotatable bonds is 4. The van der Waals surface area contributed by atoms with Gasteiger partial charge >= 0.3 is 36.4 Å². The highest BCUT2D eigenvalue weighted by molar-refractivity contribution is 5.73. The first-order valence-electron chi connectivity index (χ1n) is 12.5. The van der Waals surface area contributed by atoms with E-state index in [9.17, 15) is 39.5 Å². The van der Waals surface area contributed by atoms with Crippen LogP contribution in [0, 0.1) is 5.92 Å². The number of carboxylic acid groups (broad SMARTS) is 3. The van der Waals surface area contributed by atoms with E-state index in [2.05, 4.69) is 32.3 Å². The second kappa shape index (κ2) is 17.3. The zero-order chi connectivity index (χ0) is 34.4. The summed E-state index contributed by atoms with van der Waals surface area (Å²) < 4.78 is 101. The van der Waals surface area contributed by atoms with Crippen molar-refractivity contribution in [3.05, 3.63) is 54.5 Å². The van der Waals surface area contributed by atoms with Crippen LogP contribution in [-0.2, 0) is 25.7 Å². The number of aromatic nitrogens is 2. The molecule has 0 amide bonds. The Bertz CT molecular complexity index is 1140. The zero-order valence-electron chi connectivity index (χ0n) is 22.8. The van der Waals surface area contributed by atoms with Gasteiger partial charge in [-0.15, -0.1) is 0 Å². The Labute approximate surface area is 248 Å². The summed E-state index contributed by atoms with van der Waals surface area (Å²) in [6.45, 7) is 3.81. The highest BCUT2D eigenvalue weighted by Gasteiger charge is 2.40. The maximum Gasteiger partial charge on any atom is 0.490 e. The highest BCUT2D eigenvalue weighted by Crippen LogP contribution is 2.30. The first-order chi connectivity index (χ1) is 20.7. The molecule has 0 radical (unpaired) electrons. The van der Waals surface area contributed by atoms with Crippen molar-refractivity contribution in [3.8, 4) is 0 Å². The predicted octanol–water partition coefficient (Wildman–Crippen LogP) is 4.47. The minimum absolute atomic E-state index is 0.266. The number of alkyl halides is 9. The Hall–Kier alpha value is -4.20. The number of hydrogen-bond acceptors (Lipinski definition) is 8. The molecule has 0 aromatic carbocycles. The molecule has 2 aromatic heterocycles. The average molecular weight is 666 g/mol. The first kappa shape index (κ1) is 38.8. The fourth-order valence-electron chi connectivity index (χ4n) is 3.91. The van der Waals surface area contributed by atoms with Crippen molar-refractivity contribution in [1.29, 1.82) is 0 Å². The molecule has 0 saturated carbocycles. The number of nitrogens with zero attached hydrogens (tertiary/aromatic N) is 3. The van der Waals surface area contributed by atoms with Gasteiger partial charge in [0.25, 0.3) is 0 Å². The number of carbonyl (C=O) groups is 3. The summed E-state index contributed by atoms with van der Waals surface area (Å²) in [5, 5.41) is 25.0. The number of aliphatic carboxylic acids is 3. The molecule has 4 rings (SSSR count). The summed E-state index contributed by atoms with van der Waals surface area (Å²) >= 11 is 0. The molecule has 2 saturated heterocycles. The van der Waals surface area contributed by atoms with E-state index in [0.717, 1.165) is 44.2 Å². The van der Waals surface area contributed by atoms with Crippen LogP contribution in [0.5, 0.6) is 0 Å². The van der Waals surface area contributed by atoms with E-state index < -0.39 is 36.4 Å². The molecule has 3 atom stereocenters. The minimum atomic E-state index is -5.08. The summed E-state index contributed by atoms with van der Waals surface area (Å²) in [6.07, 6.45) is -8.87. The number of likely N-dealkylation sites (tertiary alicyclic amines) is 1. The summed E-state index contributed by atoms with van der Waals surface area (Å²) in [7, 11) is 0. The van der Waals surface area contributed by atoms with Crippen molar-refractivity contribution < 1.29 is 74.0 Å². The average Bonchev–Trinajstić information content (AvgIpc) is 2.94. The maximum absolute atomic E-state index is 10.6. The number of pyridine rings is 2.